The molecule has 2 atom stereocenters. The summed E-state index contributed by atoms with van der Waals surface area (Å²) in [6, 6.07) is 6.16. The number of carbonyl (C=O) groups is 2. The minimum Gasteiger partial charge on any atom is -0.351 e. The fraction of sp³-hybridized carbons (Fsp3) is 0.545. The van der Waals surface area contributed by atoms with E-state index in [-0.39, 0.29) is 17.6 Å². The third kappa shape index (κ3) is 4.45. The van der Waals surface area contributed by atoms with Crippen molar-refractivity contribution in [1.82, 2.24) is 19.7 Å². The number of fused-ring (bicyclic) bond motifs is 1. The Bertz CT molecular complexity index is 893. The number of amides is 2. The van der Waals surface area contributed by atoms with Crippen molar-refractivity contribution in [3.05, 3.63) is 35.8 Å². The molecule has 2 aliphatic rings. The molecule has 0 spiro atoms. The van der Waals surface area contributed by atoms with Gasteiger partial charge in [0, 0.05) is 50.2 Å². The van der Waals surface area contributed by atoms with E-state index >= 15 is 0 Å². The number of aromatic amines is 1. The molecule has 3 heterocycles. The summed E-state index contributed by atoms with van der Waals surface area (Å²) in [5, 5.41) is 0.697. The first kappa shape index (κ1) is 19.9. The van der Waals surface area contributed by atoms with Crippen LogP contribution in [0.5, 0.6) is 0 Å². The van der Waals surface area contributed by atoms with Gasteiger partial charge in [-0.2, -0.15) is 0 Å². The number of piperidine rings is 1. The van der Waals surface area contributed by atoms with Gasteiger partial charge in [-0.05, 0) is 42.5 Å². The van der Waals surface area contributed by atoms with Crippen LogP contribution >= 0.6 is 0 Å². The summed E-state index contributed by atoms with van der Waals surface area (Å²) in [7, 11) is 0. The van der Waals surface area contributed by atoms with E-state index in [0.29, 0.717) is 55.6 Å². The fourth-order valence-corrected chi connectivity index (χ4v) is 4.66. The van der Waals surface area contributed by atoms with E-state index < -0.39 is 0 Å². The molecule has 1 aromatic carbocycles. The predicted octanol–water partition coefficient (Wildman–Crippen LogP) is 2.57. The quantitative estimate of drug-likeness (QED) is 0.862. The molecule has 29 heavy (non-hydrogen) atoms. The number of piperazine rings is 1. The van der Waals surface area contributed by atoms with E-state index in [1.807, 2.05) is 4.90 Å². The van der Waals surface area contributed by atoms with Gasteiger partial charge in [0.05, 0.1) is 6.54 Å². The van der Waals surface area contributed by atoms with Crippen LogP contribution in [0.4, 0.5) is 4.39 Å². The normalized spacial score (nSPS) is 23.6. The van der Waals surface area contributed by atoms with Gasteiger partial charge in [0.15, 0.2) is 0 Å². The van der Waals surface area contributed by atoms with Crippen molar-refractivity contribution in [2.24, 2.45) is 11.8 Å². The van der Waals surface area contributed by atoms with E-state index in [1.54, 1.807) is 17.0 Å². The summed E-state index contributed by atoms with van der Waals surface area (Å²) in [5.41, 5.74) is 1.23. The summed E-state index contributed by atoms with van der Waals surface area (Å²) in [5.74, 6) is 0.919. The maximum atomic E-state index is 13.4. The molecule has 0 saturated carbocycles. The van der Waals surface area contributed by atoms with E-state index in [4.69, 9.17) is 0 Å². The van der Waals surface area contributed by atoms with E-state index in [0.717, 1.165) is 18.6 Å². The van der Waals surface area contributed by atoms with Crippen LogP contribution in [0.25, 0.3) is 10.9 Å². The first-order valence-electron chi connectivity index (χ1n) is 10.5. The first-order valence-corrected chi connectivity index (χ1v) is 10.5. The number of hydrogen-bond donors (Lipinski definition) is 1. The standard InChI is InChI=1S/C22H29FN4O2/c1-15-9-16(2)13-27(12-15)21(28)14-25-5-7-26(8-6-25)22(29)20-11-17-10-18(23)3-4-19(17)24-20/h3-4,10-11,15-16,24H,5-9,12-14H2,1-2H3/t15-,16+. The molecular formula is C22H29FN4O2. The highest BCUT2D eigenvalue weighted by molar-refractivity contribution is 5.98. The minimum atomic E-state index is -0.314. The van der Waals surface area contributed by atoms with Crippen LogP contribution in [0, 0.1) is 17.7 Å². The molecule has 2 fully saturated rings. The van der Waals surface area contributed by atoms with Gasteiger partial charge < -0.3 is 14.8 Å². The van der Waals surface area contributed by atoms with Gasteiger partial charge in [-0.3, -0.25) is 14.5 Å². The lowest BCUT2D eigenvalue weighted by atomic mass is 9.92. The Hall–Kier alpha value is -2.41. The largest absolute Gasteiger partial charge is 0.351 e. The third-order valence-corrected chi connectivity index (χ3v) is 6.05. The summed E-state index contributed by atoms with van der Waals surface area (Å²) in [4.78, 5) is 34.5. The molecule has 7 heteroatoms. The fourth-order valence-electron chi connectivity index (χ4n) is 4.66. The van der Waals surface area contributed by atoms with Gasteiger partial charge >= 0.3 is 0 Å². The Morgan fingerprint density at radius 2 is 1.72 bits per heavy atom. The van der Waals surface area contributed by atoms with Crippen LogP contribution in [-0.2, 0) is 4.79 Å². The van der Waals surface area contributed by atoms with Gasteiger partial charge in [0.1, 0.15) is 11.5 Å². The van der Waals surface area contributed by atoms with Crippen molar-refractivity contribution >= 4 is 22.7 Å². The summed E-state index contributed by atoms with van der Waals surface area (Å²) in [6.45, 7) is 9.08. The molecule has 156 valence electrons. The summed E-state index contributed by atoms with van der Waals surface area (Å²) in [6.07, 6.45) is 1.19. The van der Waals surface area contributed by atoms with Crippen LogP contribution in [-0.4, -0.2) is 77.3 Å². The number of nitrogens with zero attached hydrogens (tertiary/aromatic N) is 3. The number of halogens is 1. The van der Waals surface area contributed by atoms with Crippen LogP contribution < -0.4 is 0 Å². The number of aromatic nitrogens is 1. The second-order valence-corrected chi connectivity index (χ2v) is 8.73. The van der Waals surface area contributed by atoms with Gasteiger partial charge in [0.25, 0.3) is 5.91 Å². The summed E-state index contributed by atoms with van der Waals surface area (Å²) >= 11 is 0. The number of H-pyrrole nitrogens is 1. The zero-order chi connectivity index (χ0) is 20.5. The maximum absolute atomic E-state index is 13.4. The zero-order valence-electron chi connectivity index (χ0n) is 17.2. The molecule has 1 aromatic heterocycles. The first-order chi connectivity index (χ1) is 13.9. The van der Waals surface area contributed by atoms with Crippen LogP contribution in [0.1, 0.15) is 30.8 Å². The number of benzene rings is 1. The predicted molar refractivity (Wildman–Crippen MR) is 110 cm³/mol. The lowest BCUT2D eigenvalue weighted by molar-refractivity contribution is -0.135. The SMILES string of the molecule is C[C@@H]1C[C@H](C)CN(C(=O)CN2CCN(C(=O)c3cc4cc(F)ccc4[nH]3)CC2)C1. The lowest BCUT2D eigenvalue weighted by Crippen LogP contribution is -2.53. The molecular weight excluding hydrogens is 371 g/mol. The average Bonchev–Trinajstić information content (AvgIpc) is 3.10. The molecule has 0 bridgehead atoms. The molecule has 0 aliphatic carbocycles. The minimum absolute atomic E-state index is 0.0775. The van der Waals surface area contributed by atoms with Gasteiger partial charge in [-0.15, -0.1) is 0 Å². The van der Waals surface area contributed by atoms with Crippen LogP contribution in [0.2, 0.25) is 0 Å². The lowest BCUT2D eigenvalue weighted by Gasteiger charge is -2.38. The molecule has 6 nitrogen and oxygen atoms in total. The monoisotopic (exact) mass is 400 g/mol. The van der Waals surface area contributed by atoms with Crippen molar-refractivity contribution in [3.63, 3.8) is 0 Å². The van der Waals surface area contributed by atoms with Crippen molar-refractivity contribution < 1.29 is 14.0 Å². The zero-order valence-corrected chi connectivity index (χ0v) is 17.2. The molecule has 4 rings (SSSR count). The number of hydrogen-bond acceptors (Lipinski definition) is 3. The van der Waals surface area contributed by atoms with Gasteiger partial charge in [-0.1, -0.05) is 13.8 Å². The molecule has 0 radical (unpaired) electrons. The highest BCUT2D eigenvalue weighted by atomic mass is 19.1. The maximum Gasteiger partial charge on any atom is 0.270 e. The number of likely N-dealkylation sites (tertiary alicyclic amines) is 1. The second kappa shape index (κ2) is 8.14. The van der Waals surface area contributed by atoms with Crippen molar-refractivity contribution in [2.45, 2.75) is 20.3 Å². The number of nitrogens with one attached hydrogen (secondary N) is 1. The Morgan fingerprint density at radius 1 is 1.03 bits per heavy atom. The van der Waals surface area contributed by atoms with Crippen molar-refractivity contribution in [1.29, 1.82) is 0 Å². The third-order valence-electron chi connectivity index (χ3n) is 6.05. The number of rotatable bonds is 3. The second-order valence-electron chi connectivity index (χ2n) is 8.73. The van der Waals surface area contributed by atoms with Gasteiger partial charge in [0.2, 0.25) is 5.91 Å². The highest BCUT2D eigenvalue weighted by Gasteiger charge is 2.28. The molecule has 1 N–H and O–H groups in total. The molecule has 0 unspecified atom stereocenters. The molecule has 2 saturated heterocycles. The molecule has 2 aromatic rings. The molecule has 2 aliphatic heterocycles. The van der Waals surface area contributed by atoms with Gasteiger partial charge in [-0.25, -0.2) is 4.39 Å². The van der Waals surface area contributed by atoms with E-state index in [2.05, 4.69) is 23.7 Å². The molecule has 2 amide bonds. The number of carbonyl (C=O) groups excluding carboxylic acids is 2. The highest BCUT2D eigenvalue weighted by Crippen LogP contribution is 2.21. The van der Waals surface area contributed by atoms with Crippen LogP contribution in [0.15, 0.2) is 24.3 Å². The van der Waals surface area contributed by atoms with E-state index in [1.165, 1.54) is 18.6 Å². The average molecular weight is 400 g/mol. The smallest absolute Gasteiger partial charge is 0.270 e. The van der Waals surface area contributed by atoms with Crippen molar-refractivity contribution in [2.75, 3.05) is 45.8 Å². The topological polar surface area (TPSA) is 59.7 Å². The van der Waals surface area contributed by atoms with E-state index in [9.17, 15) is 14.0 Å². The Morgan fingerprint density at radius 3 is 2.41 bits per heavy atom. The Labute approximate surface area is 170 Å². The Balaban J connectivity index is 1.31. The van der Waals surface area contributed by atoms with Crippen LogP contribution in [0.3, 0.4) is 0 Å². The van der Waals surface area contributed by atoms with Crippen molar-refractivity contribution in [3.8, 4) is 0 Å². The summed E-state index contributed by atoms with van der Waals surface area (Å²) < 4.78 is 13.4. The Kier molecular flexibility index (Phi) is 5.58.